The normalized spacial score (nSPS) is 11.3. The highest BCUT2D eigenvalue weighted by molar-refractivity contribution is 5.96. The highest BCUT2D eigenvalue weighted by Crippen LogP contribution is 2.18. The molecule has 2 aromatic carbocycles. The molecule has 130 valence electrons. The number of hydrogen-bond donors (Lipinski definition) is 2. The summed E-state index contributed by atoms with van der Waals surface area (Å²) in [5, 5.41) is 2.82. The quantitative estimate of drug-likeness (QED) is 0.779. The lowest BCUT2D eigenvalue weighted by atomic mass is 10.1. The number of aryl methyl sites for hydroxylation is 1. The summed E-state index contributed by atoms with van der Waals surface area (Å²) in [7, 11) is 0. The van der Waals surface area contributed by atoms with Crippen LogP contribution < -0.4 is 15.8 Å². The van der Waals surface area contributed by atoms with Crippen molar-refractivity contribution in [3.8, 4) is 5.75 Å². The van der Waals surface area contributed by atoms with Gasteiger partial charge in [-0.2, -0.15) is 0 Å². The average Bonchev–Trinajstić information content (AvgIpc) is 2.55. The second kappa shape index (κ2) is 9.13. The molecule has 0 heterocycles. The van der Waals surface area contributed by atoms with Gasteiger partial charge in [0.25, 0.3) is 5.91 Å². The van der Waals surface area contributed by atoms with E-state index in [-0.39, 0.29) is 36.7 Å². The molecule has 0 fully saturated rings. The Labute approximate surface area is 147 Å². The van der Waals surface area contributed by atoms with Gasteiger partial charge in [-0.05, 0) is 43.2 Å². The molecular formula is C18H22ClFN2O2. The maximum absolute atomic E-state index is 13.6. The summed E-state index contributed by atoms with van der Waals surface area (Å²) in [6.07, 6.45) is 0.335. The van der Waals surface area contributed by atoms with E-state index in [0.717, 1.165) is 5.56 Å². The molecule has 0 spiro atoms. The molecule has 4 nitrogen and oxygen atoms in total. The first-order valence-corrected chi connectivity index (χ1v) is 7.56. The van der Waals surface area contributed by atoms with E-state index in [2.05, 4.69) is 5.32 Å². The number of carbonyl (C=O) groups excluding carboxylic acids is 1. The van der Waals surface area contributed by atoms with Gasteiger partial charge in [-0.25, -0.2) is 4.39 Å². The SMILES string of the molecule is CCC(CNC(=O)c1cc(N)ccc1C)Oc1ccccc1F.Cl. The number of amides is 1. The van der Waals surface area contributed by atoms with Gasteiger partial charge < -0.3 is 15.8 Å². The summed E-state index contributed by atoms with van der Waals surface area (Å²) >= 11 is 0. The van der Waals surface area contributed by atoms with Crippen molar-refractivity contribution in [3.05, 3.63) is 59.4 Å². The summed E-state index contributed by atoms with van der Waals surface area (Å²) in [6, 6.07) is 11.4. The molecule has 6 heteroatoms. The lowest BCUT2D eigenvalue weighted by molar-refractivity contribution is 0.0924. The predicted molar refractivity (Wildman–Crippen MR) is 96.3 cm³/mol. The van der Waals surface area contributed by atoms with E-state index in [0.29, 0.717) is 17.7 Å². The molecule has 1 amide bonds. The van der Waals surface area contributed by atoms with Crippen LogP contribution in [0.1, 0.15) is 29.3 Å². The highest BCUT2D eigenvalue weighted by atomic mass is 35.5. The molecule has 1 atom stereocenters. The van der Waals surface area contributed by atoms with Crippen molar-refractivity contribution in [2.45, 2.75) is 26.4 Å². The summed E-state index contributed by atoms with van der Waals surface area (Å²) in [5.74, 6) is -0.442. The van der Waals surface area contributed by atoms with Crippen molar-refractivity contribution in [1.82, 2.24) is 5.32 Å². The molecule has 2 rings (SSSR count). The van der Waals surface area contributed by atoms with E-state index in [1.54, 1.807) is 36.4 Å². The number of carbonyl (C=O) groups is 1. The number of halogens is 2. The Morgan fingerprint density at radius 3 is 2.67 bits per heavy atom. The van der Waals surface area contributed by atoms with Crippen molar-refractivity contribution in [3.63, 3.8) is 0 Å². The van der Waals surface area contributed by atoms with Crippen LogP contribution in [0, 0.1) is 12.7 Å². The molecule has 0 aliphatic rings. The van der Waals surface area contributed by atoms with Crippen LogP contribution in [-0.4, -0.2) is 18.6 Å². The average molecular weight is 353 g/mol. The van der Waals surface area contributed by atoms with Gasteiger partial charge in [0, 0.05) is 11.3 Å². The third kappa shape index (κ3) is 5.13. The number of rotatable bonds is 6. The molecule has 2 aromatic rings. The summed E-state index contributed by atoms with van der Waals surface area (Å²) in [4.78, 5) is 12.3. The fourth-order valence-electron chi connectivity index (χ4n) is 2.18. The van der Waals surface area contributed by atoms with Crippen LogP contribution >= 0.6 is 12.4 Å². The molecule has 0 bridgehead atoms. The fraction of sp³-hybridized carbons (Fsp3) is 0.278. The molecule has 0 aliphatic carbocycles. The third-order valence-electron chi connectivity index (χ3n) is 3.58. The van der Waals surface area contributed by atoms with Crippen molar-refractivity contribution in [2.24, 2.45) is 0 Å². The third-order valence-corrected chi connectivity index (χ3v) is 3.58. The van der Waals surface area contributed by atoms with E-state index in [1.165, 1.54) is 6.07 Å². The standard InChI is InChI=1S/C18H21FN2O2.ClH/c1-3-14(23-17-7-5-4-6-16(17)19)11-21-18(22)15-10-13(20)9-8-12(15)2;/h4-10,14H,3,11,20H2,1-2H3,(H,21,22);1H. The Balaban J connectivity index is 0.00000288. The van der Waals surface area contributed by atoms with Crippen molar-refractivity contribution >= 4 is 24.0 Å². The smallest absolute Gasteiger partial charge is 0.251 e. The lowest BCUT2D eigenvalue weighted by Gasteiger charge is -2.19. The molecule has 0 saturated heterocycles. The minimum absolute atomic E-state index is 0. The Morgan fingerprint density at radius 2 is 2.00 bits per heavy atom. The van der Waals surface area contributed by atoms with Gasteiger partial charge in [0.15, 0.2) is 11.6 Å². The molecule has 0 aromatic heterocycles. The van der Waals surface area contributed by atoms with Gasteiger partial charge in [-0.15, -0.1) is 12.4 Å². The molecule has 0 aliphatic heterocycles. The minimum atomic E-state index is -0.413. The van der Waals surface area contributed by atoms with E-state index >= 15 is 0 Å². The molecule has 0 radical (unpaired) electrons. The van der Waals surface area contributed by atoms with Crippen molar-refractivity contribution in [2.75, 3.05) is 12.3 Å². The van der Waals surface area contributed by atoms with Crippen LogP contribution in [0.5, 0.6) is 5.75 Å². The first-order valence-electron chi connectivity index (χ1n) is 7.56. The number of nitrogen functional groups attached to an aromatic ring is 1. The Kier molecular flexibility index (Phi) is 7.52. The van der Waals surface area contributed by atoms with Crippen LogP contribution in [0.2, 0.25) is 0 Å². The van der Waals surface area contributed by atoms with Gasteiger partial charge >= 0.3 is 0 Å². The van der Waals surface area contributed by atoms with Crippen LogP contribution in [0.4, 0.5) is 10.1 Å². The van der Waals surface area contributed by atoms with Crippen molar-refractivity contribution < 1.29 is 13.9 Å². The Bertz CT molecular complexity index is 694. The lowest BCUT2D eigenvalue weighted by Crippen LogP contribution is -2.35. The minimum Gasteiger partial charge on any atom is -0.486 e. The Hall–Kier alpha value is -2.27. The molecular weight excluding hydrogens is 331 g/mol. The second-order valence-electron chi connectivity index (χ2n) is 5.36. The molecule has 24 heavy (non-hydrogen) atoms. The van der Waals surface area contributed by atoms with Gasteiger partial charge in [-0.3, -0.25) is 4.79 Å². The first-order chi connectivity index (χ1) is 11.0. The van der Waals surface area contributed by atoms with E-state index in [4.69, 9.17) is 10.5 Å². The number of benzene rings is 2. The molecule has 3 N–H and O–H groups in total. The van der Waals surface area contributed by atoms with Gasteiger partial charge in [0.05, 0.1) is 6.54 Å². The number of nitrogens with two attached hydrogens (primary N) is 1. The van der Waals surface area contributed by atoms with E-state index in [1.807, 2.05) is 13.8 Å². The number of hydrogen-bond acceptors (Lipinski definition) is 3. The van der Waals surface area contributed by atoms with Crippen LogP contribution in [0.3, 0.4) is 0 Å². The predicted octanol–water partition coefficient (Wildman–Crippen LogP) is 3.73. The zero-order chi connectivity index (χ0) is 16.8. The zero-order valence-corrected chi connectivity index (χ0v) is 14.5. The first kappa shape index (κ1) is 19.8. The molecule has 1 unspecified atom stereocenters. The number of para-hydroxylation sites is 1. The number of nitrogens with one attached hydrogen (secondary N) is 1. The largest absolute Gasteiger partial charge is 0.486 e. The number of ether oxygens (including phenoxy) is 1. The Morgan fingerprint density at radius 1 is 1.29 bits per heavy atom. The molecule has 0 saturated carbocycles. The maximum atomic E-state index is 13.6. The summed E-state index contributed by atoms with van der Waals surface area (Å²) in [5.41, 5.74) is 7.64. The van der Waals surface area contributed by atoms with Crippen molar-refractivity contribution in [1.29, 1.82) is 0 Å². The summed E-state index contributed by atoms with van der Waals surface area (Å²) < 4.78 is 19.2. The van der Waals surface area contributed by atoms with Crippen LogP contribution in [0.15, 0.2) is 42.5 Å². The topological polar surface area (TPSA) is 64.4 Å². The van der Waals surface area contributed by atoms with Crippen LogP contribution in [-0.2, 0) is 0 Å². The number of anilines is 1. The van der Waals surface area contributed by atoms with Gasteiger partial charge in [0.1, 0.15) is 6.10 Å². The zero-order valence-electron chi connectivity index (χ0n) is 13.7. The second-order valence-corrected chi connectivity index (χ2v) is 5.36. The van der Waals surface area contributed by atoms with Gasteiger partial charge in [-0.1, -0.05) is 25.1 Å². The summed E-state index contributed by atoms with van der Waals surface area (Å²) in [6.45, 7) is 4.06. The highest BCUT2D eigenvalue weighted by Gasteiger charge is 2.14. The van der Waals surface area contributed by atoms with Gasteiger partial charge in [0.2, 0.25) is 0 Å². The van der Waals surface area contributed by atoms with E-state index in [9.17, 15) is 9.18 Å². The van der Waals surface area contributed by atoms with Crippen LogP contribution in [0.25, 0.3) is 0 Å². The van der Waals surface area contributed by atoms with E-state index < -0.39 is 5.82 Å². The fourth-order valence-corrected chi connectivity index (χ4v) is 2.18. The monoisotopic (exact) mass is 352 g/mol. The maximum Gasteiger partial charge on any atom is 0.251 e.